The average Bonchev–Trinajstić information content (AvgIpc) is 3.04. The molecular weight excluding hydrogens is 383 g/mol. The van der Waals surface area contributed by atoms with E-state index in [1.165, 1.54) is 6.07 Å². The number of rotatable bonds is 4. The molecule has 0 spiro atoms. The second-order valence-electron chi connectivity index (χ2n) is 8.42. The number of likely N-dealkylation sites (tertiary alicyclic amines) is 1. The molecule has 0 unspecified atom stereocenters. The van der Waals surface area contributed by atoms with Crippen molar-refractivity contribution in [2.45, 2.75) is 26.4 Å². The number of nitrogens with zero attached hydrogens (tertiary/aromatic N) is 3. The first-order valence-electron chi connectivity index (χ1n) is 9.75. The number of benzene rings is 1. The minimum Gasteiger partial charge on any atom is -0.384 e. The predicted molar refractivity (Wildman–Crippen MR) is 102 cm³/mol. The molecule has 0 aromatic heterocycles. The van der Waals surface area contributed by atoms with Gasteiger partial charge in [-0.15, -0.1) is 0 Å². The molecule has 1 amide bonds. The molecule has 2 aliphatic rings. The number of fused-ring (bicyclic) bond motifs is 1. The number of carbonyl (C=O) groups is 1. The third-order valence-electron chi connectivity index (χ3n) is 6.10. The van der Waals surface area contributed by atoms with E-state index in [1.54, 1.807) is 19.2 Å². The molecule has 1 aromatic rings. The number of piperidine rings is 1. The summed E-state index contributed by atoms with van der Waals surface area (Å²) in [5.74, 6) is 0.218. The number of halogens is 3. The average molecular weight is 409 g/mol. The number of anilines is 1. The van der Waals surface area contributed by atoms with Gasteiger partial charge in [0.2, 0.25) is 5.91 Å². The lowest BCUT2D eigenvalue weighted by Crippen LogP contribution is -2.53. The van der Waals surface area contributed by atoms with Gasteiger partial charge in [0.1, 0.15) is 0 Å². The zero-order valence-electron chi connectivity index (χ0n) is 16.9. The third kappa shape index (κ3) is 4.06. The third-order valence-corrected chi connectivity index (χ3v) is 6.10. The maximum absolute atomic E-state index is 13.4. The molecule has 3 rings (SSSR count). The van der Waals surface area contributed by atoms with Gasteiger partial charge in [-0.2, -0.15) is 18.4 Å². The van der Waals surface area contributed by atoms with Crippen LogP contribution in [0.1, 0.15) is 31.4 Å². The van der Waals surface area contributed by atoms with Crippen molar-refractivity contribution in [3.8, 4) is 6.07 Å². The maximum atomic E-state index is 13.4. The molecule has 2 fully saturated rings. The Morgan fingerprint density at radius 1 is 1.38 bits per heavy atom. The lowest BCUT2D eigenvalue weighted by molar-refractivity contribution is -0.140. The summed E-state index contributed by atoms with van der Waals surface area (Å²) in [6, 6.07) is 5.49. The fourth-order valence-corrected chi connectivity index (χ4v) is 4.69. The van der Waals surface area contributed by atoms with E-state index in [0.29, 0.717) is 38.5 Å². The first kappa shape index (κ1) is 21.4. The number of methoxy groups -OCH3 is 1. The van der Waals surface area contributed by atoms with Crippen LogP contribution in [0.3, 0.4) is 0 Å². The van der Waals surface area contributed by atoms with Crippen LogP contribution in [0.5, 0.6) is 0 Å². The summed E-state index contributed by atoms with van der Waals surface area (Å²) in [5.41, 5.74) is -1.16. The monoisotopic (exact) mass is 409 g/mol. The standard InChI is InChI=1S/C21H26F3N3O2/c1-14(2)19(28)26-7-6-16-10-27(12-20(16,11-26)13-29-3)17-5-4-15(9-25)18(8-17)21(22,23)24/h4-5,8,14,16H,6-7,10-13H2,1-3H3/t16-,20+/m1/s1. The highest BCUT2D eigenvalue weighted by Crippen LogP contribution is 2.45. The van der Waals surface area contributed by atoms with Gasteiger partial charge >= 0.3 is 6.18 Å². The Kier molecular flexibility index (Phi) is 5.81. The quantitative estimate of drug-likeness (QED) is 0.763. The highest BCUT2D eigenvalue weighted by atomic mass is 19.4. The number of alkyl halides is 3. The van der Waals surface area contributed by atoms with E-state index in [1.807, 2.05) is 23.6 Å². The van der Waals surface area contributed by atoms with Crippen LogP contribution in [0.15, 0.2) is 18.2 Å². The van der Waals surface area contributed by atoms with Crippen molar-refractivity contribution in [1.29, 1.82) is 5.26 Å². The van der Waals surface area contributed by atoms with E-state index in [9.17, 15) is 18.0 Å². The van der Waals surface area contributed by atoms with Crippen molar-refractivity contribution in [3.63, 3.8) is 0 Å². The number of amides is 1. The second kappa shape index (κ2) is 7.86. The molecule has 2 atom stereocenters. The van der Waals surface area contributed by atoms with Crippen molar-refractivity contribution in [1.82, 2.24) is 4.90 Å². The van der Waals surface area contributed by atoms with E-state index in [4.69, 9.17) is 10.00 Å². The first-order valence-corrected chi connectivity index (χ1v) is 9.75. The van der Waals surface area contributed by atoms with E-state index in [-0.39, 0.29) is 28.7 Å². The van der Waals surface area contributed by atoms with Gasteiger partial charge < -0.3 is 14.5 Å². The highest BCUT2D eigenvalue weighted by molar-refractivity contribution is 5.78. The Balaban J connectivity index is 1.90. The number of carbonyl (C=O) groups excluding carboxylic acids is 1. The Labute approximate surface area is 169 Å². The minimum absolute atomic E-state index is 0.0927. The summed E-state index contributed by atoms with van der Waals surface area (Å²) in [7, 11) is 1.61. The van der Waals surface area contributed by atoms with Crippen LogP contribution in [0.2, 0.25) is 0 Å². The van der Waals surface area contributed by atoms with Crippen LogP contribution >= 0.6 is 0 Å². The molecule has 0 radical (unpaired) electrons. The molecule has 2 heterocycles. The van der Waals surface area contributed by atoms with Crippen molar-refractivity contribution in [2.24, 2.45) is 17.3 Å². The maximum Gasteiger partial charge on any atom is 0.417 e. The predicted octanol–water partition coefficient (Wildman–Crippen LogP) is 3.53. The van der Waals surface area contributed by atoms with Gasteiger partial charge in [0.15, 0.2) is 0 Å². The fraction of sp³-hybridized carbons (Fsp3) is 0.619. The Hall–Kier alpha value is -2.27. The summed E-state index contributed by atoms with van der Waals surface area (Å²) >= 11 is 0. The van der Waals surface area contributed by atoms with E-state index >= 15 is 0 Å². The number of hydrogen-bond acceptors (Lipinski definition) is 4. The van der Waals surface area contributed by atoms with Gasteiger partial charge in [0, 0.05) is 50.3 Å². The van der Waals surface area contributed by atoms with Crippen molar-refractivity contribution >= 4 is 11.6 Å². The van der Waals surface area contributed by atoms with Gasteiger partial charge in [0.25, 0.3) is 0 Å². The summed E-state index contributed by atoms with van der Waals surface area (Å²) in [6.07, 6.45) is -3.79. The smallest absolute Gasteiger partial charge is 0.384 e. The second-order valence-corrected chi connectivity index (χ2v) is 8.42. The van der Waals surface area contributed by atoms with Crippen LogP contribution in [-0.4, -0.2) is 50.7 Å². The van der Waals surface area contributed by atoms with Gasteiger partial charge in [-0.05, 0) is 30.5 Å². The van der Waals surface area contributed by atoms with Gasteiger partial charge in [-0.25, -0.2) is 0 Å². The zero-order chi connectivity index (χ0) is 21.4. The largest absolute Gasteiger partial charge is 0.417 e. The van der Waals surface area contributed by atoms with Crippen LogP contribution in [-0.2, 0) is 15.7 Å². The SMILES string of the molecule is COC[C@@]12CN(C(=O)C(C)C)CC[C@@H]1CN(c1ccc(C#N)c(C(F)(F)F)c1)C2. The van der Waals surface area contributed by atoms with Gasteiger partial charge in [-0.3, -0.25) is 4.79 Å². The number of ether oxygens (including phenoxy) is 1. The summed E-state index contributed by atoms with van der Waals surface area (Å²) in [4.78, 5) is 16.3. The highest BCUT2D eigenvalue weighted by Gasteiger charge is 2.51. The van der Waals surface area contributed by atoms with Gasteiger partial charge in [-0.1, -0.05) is 13.8 Å². The summed E-state index contributed by atoms with van der Waals surface area (Å²) in [5, 5.41) is 9.03. The van der Waals surface area contributed by atoms with Crippen LogP contribution in [0, 0.1) is 28.6 Å². The Morgan fingerprint density at radius 3 is 2.69 bits per heavy atom. The molecule has 0 aliphatic carbocycles. The molecule has 0 saturated carbocycles. The Bertz CT molecular complexity index is 818. The Morgan fingerprint density at radius 2 is 2.10 bits per heavy atom. The molecule has 2 saturated heterocycles. The normalized spacial score (nSPS) is 24.6. The summed E-state index contributed by atoms with van der Waals surface area (Å²) in [6.45, 7) is 6.50. The van der Waals surface area contributed by atoms with E-state index < -0.39 is 11.7 Å². The van der Waals surface area contributed by atoms with Crippen LogP contribution in [0.4, 0.5) is 18.9 Å². The topological polar surface area (TPSA) is 56.6 Å². The van der Waals surface area contributed by atoms with Gasteiger partial charge in [0.05, 0.1) is 23.8 Å². The van der Waals surface area contributed by atoms with E-state index in [0.717, 1.165) is 12.5 Å². The van der Waals surface area contributed by atoms with Crippen molar-refractivity contribution < 1.29 is 22.7 Å². The number of hydrogen-bond donors (Lipinski definition) is 0. The molecular formula is C21H26F3N3O2. The molecule has 158 valence electrons. The number of nitriles is 1. The minimum atomic E-state index is -4.59. The first-order chi connectivity index (χ1) is 13.6. The summed E-state index contributed by atoms with van der Waals surface area (Å²) < 4.78 is 45.6. The molecule has 5 nitrogen and oxygen atoms in total. The van der Waals surface area contributed by atoms with Crippen LogP contribution in [0.25, 0.3) is 0 Å². The fourth-order valence-electron chi connectivity index (χ4n) is 4.69. The molecule has 29 heavy (non-hydrogen) atoms. The molecule has 0 N–H and O–H groups in total. The molecule has 2 aliphatic heterocycles. The van der Waals surface area contributed by atoms with Crippen molar-refractivity contribution in [3.05, 3.63) is 29.3 Å². The molecule has 8 heteroatoms. The van der Waals surface area contributed by atoms with E-state index in [2.05, 4.69) is 0 Å². The lowest BCUT2D eigenvalue weighted by Gasteiger charge is -2.44. The van der Waals surface area contributed by atoms with Crippen LogP contribution < -0.4 is 4.90 Å². The van der Waals surface area contributed by atoms with Crippen molar-refractivity contribution in [2.75, 3.05) is 44.8 Å². The lowest BCUT2D eigenvalue weighted by atomic mass is 9.73. The zero-order valence-corrected chi connectivity index (χ0v) is 16.9. The molecule has 0 bridgehead atoms. The molecule has 1 aromatic carbocycles.